The number of imidazole rings is 1. The van der Waals surface area contributed by atoms with Crippen molar-refractivity contribution in [1.82, 2.24) is 19.4 Å². The Labute approximate surface area is 270 Å². The zero-order chi connectivity index (χ0) is 30.9. The first-order chi connectivity index (χ1) is 23.3. The smallest absolute Gasteiger partial charge is 0.138 e. The lowest BCUT2D eigenvalue weighted by Crippen LogP contribution is -1.95. The minimum Gasteiger partial charge on any atom is -0.297 e. The topological polar surface area (TPSA) is 43.1 Å². The molecular weight excluding hydrogens is 573 g/mol. The summed E-state index contributed by atoms with van der Waals surface area (Å²) in [7, 11) is 0. The Balaban J connectivity index is 1.32. The fourth-order valence-electron chi connectivity index (χ4n) is 7.38. The third kappa shape index (κ3) is 3.85. The number of benzene rings is 6. The number of fused-ring (bicyclic) bond motifs is 8. The highest BCUT2D eigenvalue weighted by Crippen LogP contribution is 2.45. The fourth-order valence-corrected chi connectivity index (χ4v) is 7.38. The van der Waals surface area contributed by atoms with E-state index in [9.17, 15) is 0 Å². The van der Waals surface area contributed by atoms with Crippen LogP contribution in [0.2, 0.25) is 0 Å². The van der Waals surface area contributed by atoms with Crippen LogP contribution in [0.1, 0.15) is 0 Å². The van der Waals surface area contributed by atoms with E-state index in [1.165, 1.54) is 32.7 Å². The van der Waals surface area contributed by atoms with Gasteiger partial charge in [-0.1, -0.05) is 121 Å². The Morgan fingerprint density at radius 1 is 0.447 bits per heavy atom. The molecule has 47 heavy (non-hydrogen) atoms. The van der Waals surface area contributed by atoms with Crippen LogP contribution in [0.5, 0.6) is 0 Å². The molecule has 0 spiro atoms. The van der Waals surface area contributed by atoms with E-state index < -0.39 is 0 Å². The molecule has 0 amide bonds. The van der Waals surface area contributed by atoms with Crippen molar-refractivity contribution in [3.63, 3.8) is 0 Å². The fraction of sp³-hybridized carbons (Fsp3) is 0. The summed E-state index contributed by atoms with van der Waals surface area (Å²) in [6.45, 7) is 0. The summed E-state index contributed by atoms with van der Waals surface area (Å²) in [6, 6.07) is 51.2. The molecule has 0 bridgehead atoms. The molecule has 0 fully saturated rings. The van der Waals surface area contributed by atoms with Crippen molar-refractivity contribution >= 4 is 60.0 Å². The molecule has 218 valence electrons. The SMILES string of the molecule is c1ccc(-c2nc3ccccc3c3nc4ccc(-c5c6ccccc6c(-c6cccc7cccnc67)c6ccccc56)cn4c23)cc1. The summed E-state index contributed by atoms with van der Waals surface area (Å²) in [5.74, 6) is 0. The normalized spacial score (nSPS) is 11.8. The van der Waals surface area contributed by atoms with Crippen molar-refractivity contribution < 1.29 is 0 Å². The number of para-hydroxylation sites is 2. The summed E-state index contributed by atoms with van der Waals surface area (Å²) in [5, 5.41) is 6.99. The molecule has 0 N–H and O–H groups in total. The maximum atomic E-state index is 5.20. The molecule has 0 saturated carbocycles. The minimum atomic E-state index is 0.895. The van der Waals surface area contributed by atoms with Crippen molar-refractivity contribution in [2.45, 2.75) is 0 Å². The van der Waals surface area contributed by atoms with Crippen LogP contribution in [-0.4, -0.2) is 19.4 Å². The lowest BCUT2D eigenvalue weighted by molar-refractivity contribution is 1.22. The third-order valence-electron chi connectivity index (χ3n) is 9.40. The van der Waals surface area contributed by atoms with Crippen molar-refractivity contribution in [3.8, 4) is 33.5 Å². The molecule has 6 aromatic carbocycles. The van der Waals surface area contributed by atoms with Crippen LogP contribution in [0.25, 0.3) is 93.5 Å². The van der Waals surface area contributed by atoms with Gasteiger partial charge < -0.3 is 0 Å². The largest absolute Gasteiger partial charge is 0.297 e. The predicted octanol–water partition coefficient (Wildman–Crippen LogP) is 10.9. The Kier molecular flexibility index (Phi) is 5.54. The van der Waals surface area contributed by atoms with Gasteiger partial charge in [-0.15, -0.1) is 0 Å². The molecule has 0 atom stereocenters. The molecule has 4 aromatic heterocycles. The highest BCUT2D eigenvalue weighted by Gasteiger charge is 2.20. The van der Waals surface area contributed by atoms with Crippen LogP contribution in [0.3, 0.4) is 0 Å². The van der Waals surface area contributed by atoms with Crippen LogP contribution in [0.4, 0.5) is 0 Å². The van der Waals surface area contributed by atoms with Crippen molar-refractivity contribution in [2.24, 2.45) is 0 Å². The number of hydrogen-bond acceptors (Lipinski definition) is 3. The standard InChI is InChI=1S/C43H26N4/c1-2-12-28(13-3-1)41-43-42(34-20-8-9-22-36(34)45-41)46-37-24-23-29(26-47(37)43)38-30-16-4-6-18-32(30)39(33-19-7-5-17-31(33)38)35-21-10-14-27-15-11-25-44-40(27)35/h1-26H. The Bertz CT molecular complexity index is 2790. The van der Waals surface area contributed by atoms with Crippen molar-refractivity contribution in [3.05, 3.63) is 158 Å². The second kappa shape index (κ2) is 10.1. The monoisotopic (exact) mass is 598 g/mol. The number of pyridine rings is 3. The first-order valence-corrected chi connectivity index (χ1v) is 15.9. The van der Waals surface area contributed by atoms with Gasteiger partial charge in [0.05, 0.1) is 22.2 Å². The van der Waals surface area contributed by atoms with Crippen molar-refractivity contribution in [2.75, 3.05) is 0 Å². The summed E-state index contributed by atoms with van der Waals surface area (Å²) >= 11 is 0. The second-order valence-electron chi connectivity index (χ2n) is 12.0. The predicted molar refractivity (Wildman–Crippen MR) is 195 cm³/mol. The van der Waals surface area contributed by atoms with Crippen molar-refractivity contribution in [1.29, 1.82) is 0 Å². The average Bonchev–Trinajstić information content (AvgIpc) is 3.53. The van der Waals surface area contributed by atoms with Gasteiger partial charge in [0.2, 0.25) is 0 Å². The molecule has 0 unspecified atom stereocenters. The molecule has 0 aliphatic heterocycles. The molecule has 4 heteroatoms. The number of rotatable bonds is 3. The van der Waals surface area contributed by atoms with Gasteiger partial charge in [0.15, 0.2) is 0 Å². The zero-order valence-corrected chi connectivity index (χ0v) is 25.3. The summed E-state index contributed by atoms with van der Waals surface area (Å²) in [4.78, 5) is 15.2. The quantitative estimate of drug-likeness (QED) is 0.190. The lowest BCUT2D eigenvalue weighted by atomic mass is 9.86. The molecule has 0 radical (unpaired) electrons. The van der Waals surface area contributed by atoms with Gasteiger partial charge >= 0.3 is 0 Å². The third-order valence-corrected chi connectivity index (χ3v) is 9.40. The van der Waals surface area contributed by atoms with Gasteiger partial charge in [0, 0.05) is 34.3 Å². The maximum Gasteiger partial charge on any atom is 0.138 e. The van der Waals surface area contributed by atoms with E-state index in [-0.39, 0.29) is 0 Å². The molecule has 10 aromatic rings. The van der Waals surface area contributed by atoms with E-state index >= 15 is 0 Å². The molecular formula is C43H26N4. The second-order valence-corrected chi connectivity index (χ2v) is 12.0. The molecule has 0 saturated heterocycles. The van der Waals surface area contributed by atoms with Crippen LogP contribution in [-0.2, 0) is 0 Å². The van der Waals surface area contributed by atoms with E-state index in [4.69, 9.17) is 15.0 Å². The van der Waals surface area contributed by atoms with Gasteiger partial charge in [-0.25, -0.2) is 9.97 Å². The molecule has 0 aliphatic rings. The van der Waals surface area contributed by atoms with Gasteiger partial charge in [-0.05, 0) is 62.5 Å². The van der Waals surface area contributed by atoms with Crippen LogP contribution in [0.15, 0.2) is 158 Å². The van der Waals surface area contributed by atoms with E-state index in [2.05, 4.69) is 138 Å². The highest BCUT2D eigenvalue weighted by molar-refractivity contribution is 6.23. The maximum absolute atomic E-state index is 5.20. The van der Waals surface area contributed by atoms with E-state index in [1.54, 1.807) is 0 Å². The summed E-state index contributed by atoms with van der Waals surface area (Å²) < 4.78 is 2.23. The van der Waals surface area contributed by atoms with Crippen LogP contribution >= 0.6 is 0 Å². The van der Waals surface area contributed by atoms with Gasteiger partial charge in [-0.2, -0.15) is 0 Å². The van der Waals surface area contributed by atoms with E-state index in [1.807, 2.05) is 24.4 Å². The number of hydrogen-bond donors (Lipinski definition) is 0. The van der Waals surface area contributed by atoms with Gasteiger partial charge in [-0.3, -0.25) is 9.38 Å². The summed E-state index contributed by atoms with van der Waals surface area (Å²) in [6.07, 6.45) is 4.14. The van der Waals surface area contributed by atoms with E-state index in [0.29, 0.717) is 0 Å². The zero-order valence-electron chi connectivity index (χ0n) is 25.3. The van der Waals surface area contributed by atoms with Gasteiger partial charge in [0.1, 0.15) is 11.2 Å². The average molecular weight is 599 g/mol. The Morgan fingerprint density at radius 2 is 1.11 bits per heavy atom. The molecule has 10 rings (SSSR count). The minimum absolute atomic E-state index is 0.895. The first kappa shape index (κ1) is 25.9. The van der Waals surface area contributed by atoms with Crippen LogP contribution < -0.4 is 0 Å². The van der Waals surface area contributed by atoms with E-state index in [0.717, 1.165) is 60.9 Å². The highest BCUT2D eigenvalue weighted by atomic mass is 15.0. The number of nitrogens with zero attached hydrogens (tertiary/aromatic N) is 4. The Morgan fingerprint density at radius 3 is 1.87 bits per heavy atom. The number of aromatic nitrogens is 4. The lowest BCUT2D eigenvalue weighted by Gasteiger charge is -2.18. The van der Waals surface area contributed by atoms with Crippen LogP contribution in [0, 0.1) is 0 Å². The summed E-state index contributed by atoms with van der Waals surface area (Å²) in [5.41, 5.74) is 11.5. The first-order valence-electron chi connectivity index (χ1n) is 15.9. The molecule has 0 aliphatic carbocycles. The Hall–Kier alpha value is -6.39. The molecule has 4 nitrogen and oxygen atoms in total. The van der Waals surface area contributed by atoms with Gasteiger partial charge in [0.25, 0.3) is 0 Å². The molecule has 4 heterocycles.